The SMILES string of the molecule is NCOCCc1ccc(F)cc1. The molecule has 3 heteroatoms. The van der Waals surface area contributed by atoms with Crippen LogP contribution in [0.5, 0.6) is 0 Å². The van der Waals surface area contributed by atoms with Crippen molar-refractivity contribution in [3.63, 3.8) is 0 Å². The van der Waals surface area contributed by atoms with Crippen LogP contribution in [0.2, 0.25) is 0 Å². The van der Waals surface area contributed by atoms with Gasteiger partial charge < -0.3 is 10.5 Å². The highest BCUT2D eigenvalue weighted by Crippen LogP contribution is 2.03. The lowest BCUT2D eigenvalue weighted by molar-refractivity contribution is 0.144. The monoisotopic (exact) mass is 169 g/mol. The molecule has 2 nitrogen and oxygen atoms in total. The zero-order chi connectivity index (χ0) is 8.81. The average Bonchev–Trinajstić information content (AvgIpc) is 2.09. The summed E-state index contributed by atoms with van der Waals surface area (Å²) >= 11 is 0. The molecule has 0 aliphatic heterocycles. The molecule has 0 aliphatic rings. The molecule has 1 aromatic rings. The minimum absolute atomic E-state index is 0.210. The van der Waals surface area contributed by atoms with Crippen LogP contribution in [0, 0.1) is 5.82 Å². The van der Waals surface area contributed by atoms with Crippen molar-refractivity contribution in [2.45, 2.75) is 6.42 Å². The van der Waals surface area contributed by atoms with Crippen LogP contribution in [0.3, 0.4) is 0 Å². The van der Waals surface area contributed by atoms with Gasteiger partial charge in [-0.1, -0.05) is 12.1 Å². The number of hydrogen-bond acceptors (Lipinski definition) is 2. The van der Waals surface area contributed by atoms with E-state index in [9.17, 15) is 4.39 Å². The molecule has 0 radical (unpaired) electrons. The molecule has 0 amide bonds. The summed E-state index contributed by atoms with van der Waals surface area (Å²) in [6, 6.07) is 6.37. The maximum absolute atomic E-state index is 12.4. The van der Waals surface area contributed by atoms with Crippen molar-refractivity contribution in [1.29, 1.82) is 0 Å². The Morgan fingerprint density at radius 3 is 2.50 bits per heavy atom. The Labute approximate surface area is 71.1 Å². The molecule has 12 heavy (non-hydrogen) atoms. The number of benzene rings is 1. The lowest BCUT2D eigenvalue weighted by Gasteiger charge is -2.00. The van der Waals surface area contributed by atoms with Gasteiger partial charge in [0.05, 0.1) is 13.3 Å². The highest BCUT2D eigenvalue weighted by Gasteiger charge is 1.92. The minimum Gasteiger partial charge on any atom is -0.366 e. The third-order valence-electron chi connectivity index (χ3n) is 1.57. The van der Waals surface area contributed by atoms with E-state index < -0.39 is 0 Å². The number of hydrogen-bond donors (Lipinski definition) is 1. The Balaban J connectivity index is 2.37. The van der Waals surface area contributed by atoms with Gasteiger partial charge in [-0.15, -0.1) is 0 Å². The standard InChI is InChI=1S/C9H12FNO/c10-9-3-1-8(2-4-9)5-6-12-7-11/h1-4H,5-7,11H2. The predicted molar refractivity (Wildman–Crippen MR) is 45.1 cm³/mol. The molecule has 0 aliphatic carbocycles. The van der Waals surface area contributed by atoms with Crippen LogP contribution in [0.1, 0.15) is 5.56 Å². The highest BCUT2D eigenvalue weighted by molar-refractivity contribution is 5.15. The second kappa shape index (κ2) is 4.85. The van der Waals surface area contributed by atoms with Crippen molar-refractivity contribution in [3.05, 3.63) is 35.6 Å². The van der Waals surface area contributed by atoms with Crippen molar-refractivity contribution >= 4 is 0 Å². The summed E-state index contributed by atoms with van der Waals surface area (Å²) in [5.74, 6) is -0.210. The average molecular weight is 169 g/mol. The number of halogens is 1. The molecule has 2 N–H and O–H groups in total. The van der Waals surface area contributed by atoms with Gasteiger partial charge in [0.25, 0.3) is 0 Å². The van der Waals surface area contributed by atoms with Crippen LogP contribution in [-0.2, 0) is 11.2 Å². The van der Waals surface area contributed by atoms with Crippen LogP contribution < -0.4 is 5.73 Å². The molecular weight excluding hydrogens is 157 g/mol. The van der Waals surface area contributed by atoms with E-state index in [4.69, 9.17) is 10.5 Å². The van der Waals surface area contributed by atoms with E-state index >= 15 is 0 Å². The van der Waals surface area contributed by atoms with E-state index in [0.29, 0.717) is 6.61 Å². The molecule has 0 saturated heterocycles. The molecule has 1 aromatic carbocycles. The maximum Gasteiger partial charge on any atom is 0.123 e. The Hall–Kier alpha value is -0.930. The normalized spacial score (nSPS) is 10.2. The Bertz CT molecular complexity index is 222. The first kappa shape index (κ1) is 9.16. The molecule has 1 rings (SSSR count). The molecule has 66 valence electrons. The Morgan fingerprint density at radius 1 is 1.25 bits per heavy atom. The number of rotatable bonds is 4. The van der Waals surface area contributed by atoms with Crippen molar-refractivity contribution in [2.24, 2.45) is 5.73 Å². The summed E-state index contributed by atoms with van der Waals surface area (Å²) in [7, 11) is 0. The summed E-state index contributed by atoms with van der Waals surface area (Å²) in [4.78, 5) is 0. The van der Waals surface area contributed by atoms with E-state index in [1.54, 1.807) is 12.1 Å². The first-order valence-corrected chi connectivity index (χ1v) is 3.85. The van der Waals surface area contributed by atoms with Gasteiger partial charge in [-0.3, -0.25) is 0 Å². The van der Waals surface area contributed by atoms with Crippen LogP contribution in [-0.4, -0.2) is 13.3 Å². The summed E-state index contributed by atoms with van der Waals surface area (Å²) in [5.41, 5.74) is 6.19. The van der Waals surface area contributed by atoms with Gasteiger partial charge in [0.1, 0.15) is 5.82 Å². The second-order valence-corrected chi connectivity index (χ2v) is 2.45. The van der Waals surface area contributed by atoms with E-state index in [1.165, 1.54) is 12.1 Å². The van der Waals surface area contributed by atoms with Gasteiger partial charge >= 0.3 is 0 Å². The quantitative estimate of drug-likeness (QED) is 0.544. The van der Waals surface area contributed by atoms with E-state index in [2.05, 4.69) is 0 Å². The van der Waals surface area contributed by atoms with Gasteiger partial charge in [-0.25, -0.2) is 4.39 Å². The maximum atomic E-state index is 12.4. The first-order valence-electron chi connectivity index (χ1n) is 3.85. The molecule has 0 unspecified atom stereocenters. The summed E-state index contributed by atoms with van der Waals surface area (Å²) in [6.07, 6.45) is 0.775. The molecular formula is C9H12FNO. The van der Waals surface area contributed by atoms with Crippen LogP contribution >= 0.6 is 0 Å². The predicted octanol–water partition coefficient (Wildman–Crippen LogP) is 1.30. The van der Waals surface area contributed by atoms with Gasteiger partial charge in [0.2, 0.25) is 0 Å². The summed E-state index contributed by atoms with van der Waals surface area (Å²) in [5, 5.41) is 0. The minimum atomic E-state index is -0.210. The lowest BCUT2D eigenvalue weighted by Crippen LogP contribution is -2.07. The molecule has 0 heterocycles. The zero-order valence-electron chi connectivity index (χ0n) is 6.79. The summed E-state index contributed by atoms with van der Waals surface area (Å²) in [6.45, 7) is 0.823. The molecule has 0 atom stereocenters. The van der Waals surface area contributed by atoms with Crippen LogP contribution in [0.25, 0.3) is 0 Å². The molecule has 0 saturated carbocycles. The Morgan fingerprint density at radius 2 is 1.92 bits per heavy atom. The van der Waals surface area contributed by atoms with Gasteiger partial charge in [0, 0.05) is 0 Å². The molecule has 0 fully saturated rings. The number of ether oxygens (including phenoxy) is 1. The molecule has 0 aromatic heterocycles. The zero-order valence-corrected chi connectivity index (χ0v) is 6.79. The number of nitrogens with two attached hydrogens (primary N) is 1. The topological polar surface area (TPSA) is 35.2 Å². The van der Waals surface area contributed by atoms with Crippen molar-refractivity contribution < 1.29 is 9.13 Å². The fraction of sp³-hybridized carbons (Fsp3) is 0.333. The Kier molecular flexibility index (Phi) is 3.70. The second-order valence-electron chi connectivity index (χ2n) is 2.45. The van der Waals surface area contributed by atoms with Gasteiger partial charge in [0.15, 0.2) is 0 Å². The van der Waals surface area contributed by atoms with Crippen molar-refractivity contribution in [3.8, 4) is 0 Å². The highest BCUT2D eigenvalue weighted by atomic mass is 19.1. The fourth-order valence-corrected chi connectivity index (χ4v) is 0.924. The van der Waals surface area contributed by atoms with Crippen LogP contribution in [0.15, 0.2) is 24.3 Å². The van der Waals surface area contributed by atoms with Crippen molar-refractivity contribution in [1.82, 2.24) is 0 Å². The van der Waals surface area contributed by atoms with Crippen molar-refractivity contribution in [2.75, 3.05) is 13.3 Å². The van der Waals surface area contributed by atoms with E-state index in [1.807, 2.05) is 0 Å². The molecule has 0 spiro atoms. The largest absolute Gasteiger partial charge is 0.366 e. The third kappa shape index (κ3) is 2.98. The van der Waals surface area contributed by atoms with E-state index in [-0.39, 0.29) is 12.5 Å². The fourth-order valence-electron chi connectivity index (χ4n) is 0.924. The third-order valence-corrected chi connectivity index (χ3v) is 1.57. The van der Waals surface area contributed by atoms with Gasteiger partial charge in [-0.05, 0) is 24.1 Å². The van der Waals surface area contributed by atoms with Crippen LogP contribution in [0.4, 0.5) is 4.39 Å². The molecule has 0 bridgehead atoms. The van der Waals surface area contributed by atoms with Gasteiger partial charge in [-0.2, -0.15) is 0 Å². The smallest absolute Gasteiger partial charge is 0.123 e. The van der Waals surface area contributed by atoms with E-state index in [0.717, 1.165) is 12.0 Å². The lowest BCUT2D eigenvalue weighted by atomic mass is 10.2. The summed E-state index contributed by atoms with van der Waals surface area (Å²) < 4.78 is 17.4. The first-order chi connectivity index (χ1) is 5.83.